The Morgan fingerprint density at radius 2 is 2.29 bits per heavy atom. The van der Waals surface area contributed by atoms with Crippen LogP contribution in [0.4, 0.5) is 0 Å². The zero-order valence-corrected chi connectivity index (χ0v) is 13.0. The fourth-order valence-electron chi connectivity index (χ4n) is 1.80. The van der Waals surface area contributed by atoms with Crippen molar-refractivity contribution >= 4 is 27.2 Å². The lowest BCUT2D eigenvalue weighted by molar-refractivity contribution is 0.581. The molecule has 0 unspecified atom stereocenters. The van der Waals surface area contributed by atoms with Crippen molar-refractivity contribution in [3.8, 4) is 0 Å². The van der Waals surface area contributed by atoms with Crippen LogP contribution in [0.25, 0.3) is 0 Å². The Kier molecular flexibility index (Phi) is 4.66. The minimum absolute atomic E-state index is 0.0105. The van der Waals surface area contributed by atoms with Gasteiger partial charge in [-0.3, -0.25) is 9.67 Å². The highest BCUT2D eigenvalue weighted by Gasteiger charge is 2.20. The summed E-state index contributed by atoms with van der Waals surface area (Å²) in [7, 11) is -1.90. The van der Waals surface area contributed by atoms with Gasteiger partial charge < -0.3 is 5.73 Å². The molecule has 2 aromatic rings. The number of aryl methyl sites for hydroxylation is 1. The molecule has 0 aromatic carbocycles. The van der Waals surface area contributed by atoms with E-state index in [1.54, 1.807) is 17.9 Å². The van der Waals surface area contributed by atoms with Gasteiger partial charge in [-0.25, -0.2) is 13.1 Å². The molecule has 2 heterocycles. The molecule has 3 N–H and O–H groups in total. The molecule has 0 spiro atoms. The lowest BCUT2D eigenvalue weighted by Gasteiger charge is -2.09. The fraction of sp³-hybridized carbons (Fsp3) is 0.250. The van der Waals surface area contributed by atoms with E-state index >= 15 is 0 Å². The summed E-state index contributed by atoms with van der Waals surface area (Å²) >= 11 is 4.82. The lowest BCUT2D eigenvalue weighted by Crippen LogP contribution is -2.28. The monoisotopic (exact) mass is 325 g/mol. The van der Waals surface area contributed by atoms with Crippen molar-refractivity contribution in [3.05, 3.63) is 42.0 Å². The van der Waals surface area contributed by atoms with Crippen molar-refractivity contribution in [3.63, 3.8) is 0 Å². The first-order valence-electron chi connectivity index (χ1n) is 6.12. The molecule has 0 atom stereocenters. The van der Waals surface area contributed by atoms with Crippen LogP contribution in [0.1, 0.15) is 11.3 Å². The molecule has 7 nitrogen and oxygen atoms in total. The summed E-state index contributed by atoms with van der Waals surface area (Å²) < 4.78 is 28.7. The van der Waals surface area contributed by atoms with Gasteiger partial charge in [-0.05, 0) is 24.1 Å². The van der Waals surface area contributed by atoms with Crippen molar-refractivity contribution in [2.45, 2.75) is 11.3 Å². The van der Waals surface area contributed by atoms with Gasteiger partial charge >= 0.3 is 0 Å². The van der Waals surface area contributed by atoms with E-state index in [0.29, 0.717) is 6.42 Å². The standard InChI is InChI=1S/C12H15N5O2S2/c1-17-8-9(7-15-17)4-6-16-21(18,19)10-3-2-5-14-11(10)12(13)20/h2-3,5,7-8,16H,4,6H2,1H3,(H2,13,20). The molecule has 0 aliphatic rings. The zero-order chi connectivity index (χ0) is 15.5. The number of hydrogen-bond acceptors (Lipinski definition) is 5. The predicted molar refractivity (Wildman–Crippen MR) is 82.2 cm³/mol. The van der Waals surface area contributed by atoms with E-state index in [0.717, 1.165) is 5.56 Å². The largest absolute Gasteiger partial charge is 0.388 e. The highest BCUT2D eigenvalue weighted by Crippen LogP contribution is 2.12. The van der Waals surface area contributed by atoms with E-state index in [1.807, 2.05) is 6.20 Å². The second kappa shape index (κ2) is 6.29. The zero-order valence-electron chi connectivity index (χ0n) is 11.4. The first-order chi connectivity index (χ1) is 9.90. The number of pyridine rings is 1. The predicted octanol–water partition coefficient (Wildman–Crippen LogP) is -0.0297. The summed E-state index contributed by atoms with van der Waals surface area (Å²) in [5.74, 6) is 0. The van der Waals surface area contributed by atoms with Crippen LogP contribution < -0.4 is 10.5 Å². The Labute approximate surface area is 128 Å². The molecule has 0 saturated carbocycles. The molecule has 2 rings (SSSR count). The van der Waals surface area contributed by atoms with Crippen LogP contribution in [0.3, 0.4) is 0 Å². The van der Waals surface area contributed by atoms with Gasteiger partial charge in [0.05, 0.1) is 6.20 Å². The molecule has 0 bridgehead atoms. The van der Waals surface area contributed by atoms with Crippen LogP contribution in [0.2, 0.25) is 0 Å². The Bertz CT molecular complexity index is 755. The number of aromatic nitrogens is 3. The number of nitrogens with one attached hydrogen (secondary N) is 1. The van der Waals surface area contributed by atoms with Crippen molar-refractivity contribution in [2.75, 3.05) is 6.54 Å². The van der Waals surface area contributed by atoms with E-state index in [1.165, 1.54) is 18.3 Å². The van der Waals surface area contributed by atoms with Crippen LogP contribution in [0.5, 0.6) is 0 Å². The maximum Gasteiger partial charge on any atom is 0.242 e. The summed E-state index contributed by atoms with van der Waals surface area (Å²) in [4.78, 5) is 3.85. The molecule has 0 fully saturated rings. The van der Waals surface area contributed by atoms with Gasteiger partial charge in [0.2, 0.25) is 10.0 Å². The summed E-state index contributed by atoms with van der Waals surface area (Å²) in [6, 6.07) is 2.95. The molecule has 2 aromatic heterocycles. The van der Waals surface area contributed by atoms with Crippen LogP contribution >= 0.6 is 12.2 Å². The summed E-state index contributed by atoms with van der Waals surface area (Å²) in [6.45, 7) is 0.250. The summed E-state index contributed by atoms with van der Waals surface area (Å²) in [5.41, 5.74) is 6.54. The third kappa shape index (κ3) is 3.84. The summed E-state index contributed by atoms with van der Waals surface area (Å²) in [5, 5.41) is 4.02. The minimum Gasteiger partial charge on any atom is -0.388 e. The van der Waals surface area contributed by atoms with Gasteiger partial charge in [0.1, 0.15) is 15.6 Å². The smallest absolute Gasteiger partial charge is 0.242 e. The second-order valence-corrected chi connectivity index (χ2v) is 6.56. The van der Waals surface area contributed by atoms with E-state index in [4.69, 9.17) is 18.0 Å². The Balaban J connectivity index is 2.10. The van der Waals surface area contributed by atoms with Gasteiger partial charge in [-0.2, -0.15) is 5.10 Å². The molecule has 0 radical (unpaired) electrons. The quantitative estimate of drug-likeness (QED) is 0.723. The maximum atomic E-state index is 12.3. The maximum absolute atomic E-state index is 12.3. The van der Waals surface area contributed by atoms with Crippen molar-refractivity contribution in [2.24, 2.45) is 12.8 Å². The van der Waals surface area contributed by atoms with Crippen LogP contribution in [-0.4, -0.2) is 34.7 Å². The highest BCUT2D eigenvalue weighted by molar-refractivity contribution is 7.89. The average Bonchev–Trinajstić information content (AvgIpc) is 2.84. The van der Waals surface area contributed by atoms with Crippen molar-refractivity contribution < 1.29 is 8.42 Å². The number of sulfonamides is 1. The number of nitrogens with zero attached hydrogens (tertiary/aromatic N) is 3. The van der Waals surface area contributed by atoms with Gasteiger partial charge in [0.15, 0.2) is 0 Å². The number of rotatable bonds is 6. The topological polar surface area (TPSA) is 103 Å². The van der Waals surface area contributed by atoms with Gasteiger partial charge in [0, 0.05) is 26.0 Å². The highest BCUT2D eigenvalue weighted by atomic mass is 32.2. The van der Waals surface area contributed by atoms with E-state index < -0.39 is 10.0 Å². The Hall–Kier alpha value is -1.84. The minimum atomic E-state index is -3.71. The van der Waals surface area contributed by atoms with Crippen LogP contribution in [0.15, 0.2) is 35.6 Å². The van der Waals surface area contributed by atoms with Crippen LogP contribution in [-0.2, 0) is 23.5 Å². The third-order valence-electron chi connectivity index (χ3n) is 2.76. The van der Waals surface area contributed by atoms with E-state index in [-0.39, 0.29) is 22.1 Å². The first-order valence-corrected chi connectivity index (χ1v) is 8.01. The van der Waals surface area contributed by atoms with E-state index in [9.17, 15) is 8.42 Å². The van der Waals surface area contributed by atoms with E-state index in [2.05, 4.69) is 14.8 Å². The van der Waals surface area contributed by atoms with Gasteiger partial charge in [0.25, 0.3) is 0 Å². The van der Waals surface area contributed by atoms with Gasteiger partial charge in [-0.15, -0.1) is 0 Å². The molecular formula is C12H15N5O2S2. The molecule has 112 valence electrons. The normalized spacial score (nSPS) is 11.5. The SMILES string of the molecule is Cn1cc(CCNS(=O)(=O)c2cccnc2C(N)=S)cn1. The Morgan fingerprint density at radius 3 is 2.90 bits per heavy atom. The first kappa shape index (κ1) is 15.5. The number of nitrogens with two attached hydrogens (primary N) is 1. The number of thiocarbonyl (C=S) groups is 1. The molecule has 9 heteroatoms. The van der Waals surface area contributed by atoms with Crippen molar-refractivity contribution in [1.82, 2.24) is 19.5 Å². The molecule has 0 aliphatic heterocycles. The van der Waals surface area contributed by atoms with Crippen LogP contribution in [0, 0.1) is 0 Å². The molecule has 0 aliphatic carbocycles. The third-order valence-corrected chi connectivity index (χ3v) is 4.44. The van der Waals surface area contributed by atoms with Gasteiger partial charge in [-0.1, -0.05) is 12.2 Å². The Morgan fingerprint density at radius 1 is 1.52 bits per heavy atom. The molecule has 0 saturated heterocycles. The fourth-order valence-corrected chi connectivity index (χ4v) is 3.23. The average molecular weight is 325 g/mol. The molecule has 0 amide bonds. The second-order valence-electron chi connectivity index (χ2n) is 4.38. The number of hydrogen-bond donors (Lipinski definition) is 2. The molecular weight excluding hydrogens is 310 g/mol. The summed E-state index contributed by atoms with van der Waals surface area (Å²) in [6.07, 6.45) is 5.51. The molecule has 21 heavy (non-hydrogen) atoms. The lowest BCUT2D eigenvalue weighted by atomic mass is 10.3. The van der Waals surface area contributed by atoms with Crippen molar-refractivity contribution in [1.29, 1.82) is 0 Å².